The maximum atomic E-state index is 11.7. The molecule has 0 spiro atoms. The summed E-state index contributed by atoms with van der Waals surface area (Å²) in [6.45, 7) is 3.57. The van der Waals surface area contributed by atoms with Gasteiger partial charge in [0.2, 0.25) is 10.0 Å². The number of anilines is 1. The van der Waals surface area contributed by atoms with Crippen LogP contribution in [-0.4, -0.2) is 33.0 Å². The number of primary sulfonamides is 1. The third-order valence-electron chi connectivity index (χ3n) is 4.52. The van der Waals surface area contributed by atoms with E-state index in [-0.39, 0.29) is 10.6 Å². The summed E-state index contributed by atoms with van der Waals surface area (Å²) in [5.74, 6) is 0.816. The SMILES string of the molecule is CCOc1ccccc1C1=CCN(c2cc([N+](=O)[O-])cc(S(N)(=O)=O)c2)CC1. The first kappa shape index (κ1) is 19.8. The zero-order chi connectivity index (χ0) is 20.3. The molecule has 1 aliphatic rings. The van der Waals surface area contributed by atoms with E-state index in [9.17, 15) is 18.5 Å². The molecule has 3 rings (SSSR count). The standard InChI is InChI=1S/C19H21N3O5S/c1-2-27-19-6-4-3-5-18(19)14-7-9-21(10-8-14)15-11-16(22(23)24)13-17(12-15)28(20,25)26/h3-7,11-13H,2,8-10H2,1H3,(H2,20,25,26). The van der Waals surface area contributed by atoms with Crippen LogP contribution in [0.2, 0.25) is 0 Å². The van der Waals surface area contributed by atoms with E-state index >= 15 is 0 Å². The topological polar surface area (TPSA) is 116 Å². The Labute approximate surface area is 163 Å². The van der Waals surface area contributed by atoms with Crippen LogP contribution in [-0.2, 0) is 10.0 Å². The number of hydrogen-bond donors (Lipinski definition) is 1. The molecule has 0 fully saturated rings. The molecule has 0 atom stereocenters. The fourth-order valence-corrected chi connectivity index (χ4v) is 3.75. The molecule has 8 nitrogen and oxygen atoms in total. The van der Waals surface area contributed by atoms with Crippen molar-refractivity contribution in [3.8, 4) is 5.75 Å². The van der Waals surface area contributed by atoms with E-state index in [0.717, 1.165) is 23.0 Å². The van der Waals surface area contributed by atoms with Gasteiger partial charge in [0.05, 0.1) is 16.4 Å². The molecule has 28 heavy (non-hydrogen) atoms. The minimum Gasteiger partial charge on any atom is -0.493 e. The second kappa shape index (κ2) is 7.99. The third-order valence-corrected chi connectivity index (χ3v) is 5.42. The van der Waals surface area contributed by atoms with Crippen molar-refractivity contribution < 1.29 is 18.1 Å². The Morgan fingerprint density at radius 3 is 2.61 bits per heavy atom. The largest absolute Gasteiger partial charge is 0.493 e. The summed E-state index contributed by atoms with van der Waals surface area (Å²) < 4.78 is 29.1. The van der Waals surface area contributed by atoms with Crippen LogP contribution in [0, 0.1) is 10.1 Å². The first-order valence-corrected chi connectivity index (χ1v) is 10.3. The van der Waals surface area contributed by atoms with Crippen LogP contribution in [0.1, 0.15) is 18.9 Å². The van der Waals surface area contributed by atoms with Crippen LogP contribution in [0.4, 0.5) is 11.4 Å². The van der Waals surface area contributed by atoms with Crippen LogP contribution in [0.3, 0.4) is 0 Å². The van der Waals surface area contributed by atoms with Crippen molar-refractivity contribution in [2.45, 2.75) is 18.2 Å². The van der Waals surface area contributed by atoms with E-state index in [1.165, 1.54) is 12.1 Å². The second-order valence-electron chi connectivity index (χ2n) is 6.34. The molecule has 0 amide bonds. The monoisotopic (exact) mass is 403 g/mol. The molecule has 2 aromatic carbocycles. The predicted molar refractivity (Wildman–Crippen MR) is 107 cm³/mol. The van der Waals surface area contributed by atoms with Crippen molar-refractivity contribution in [2.75, 3.05) is 24.6 Å². The summed E-state index contributed by atoms with van der Waals surface area (Å²) in [5, 5.41) is 16.3. The van der Waals surface area contributed by atoms with Crippen molar-refractivity contribution in [3.05, 3.63) is 64.2 Å². The molecule has 1 aliphatic heterocycles. The van der Waals surface area contributed by atoms with Crippen LogP contribution in [0.25, 0.3) is 5.57 Å². The van der Waals surface area contributed by atoms with Gasteiger partial charge in [-0.1, -0.05) is 24.3 Å². The number of nitrogens with zero attached hydrogens (tertiary/aromatic N) is 2. The van der Waals surface area contributed by atoms with Gasteiger partial charge in [0.15, 0.2) is 0 Å². The number of nitro benzene ring substituents is 1. The van der Waals surface area contributed by atoms with Gasteiger partial charge >= 0.3 is 0 Å². The summed E-state index contributed by atoms with van der Waals surface area (Å²) in [6, 6.07) is 11.5. The number of rotatable bonds is 6. The Hall–Kier alpha value is -2.91. The first-order valence-electron chi connectivity index (χ1n) is 8.78. The number of benzene rings is 2. The average Bonchev–Trinajstić information content (AvgIpc) is 2.68. The molecular formula is C19H21N3O5S. The Kier molecular flexibility index (Phi) is 5.66. The number of hydrogen-bond acceptors (Lipinski definition) is 6. The highest BCUT2D eigenvalue weighted by atomic mass is 32.2. The molecule has 0 saturated heterocycles. The van der Waals surface area contributed by atoms with E-state index in [1.54, 1.807) is 0 Å². The first-order chi connectivity index (χ1) is 13.3. The minimum absolute atomic E-state index is 0.270. The van der Waals surface area contributed by atoms with Gasteiger partial charge in [-0.15, -0.1) is 0 Å². The Morgan fingerprint density at radius 2 is 2.00 bits per heavy atom. The maximum absolute atomic E-state index is 11.7. The lowest BCUT2D eigenvalue weighted by Gasteiger charge is -2.29. The van der Waals surface area contributed by atoms with Crippen LogP contribution >= 0.6 is 0 Å². The lowest BCUT2D eigenvalue weighted by atomic mass is 9.98. The maximum Gasteiger partial charge on any atom is 0.272 e. The number of sulfonamides is 1. The van der Waals surface area contributed by atoms with Gasteiger partial charge in [-0.3, -0.25) is 10.1 Å². The summed E-state index contributed by atoms with van der Waals surface area (Å²) in [5.41, 5.74) is 2.29. The summed E-state index contributed by atoms with van der Waals surface area (Å²) in [7, 11) is -4.05. The number of nitro groups is 1. The lowest BCUT2D eigenvalue weighted by Crippen LogP contribution is -2.28. The van der Waals surface area contributed by atoms with Gasteiger partial charge in [0.25, 0.3) is 5.69 Å². The molecule has 9 heteroatoms. The molecule has 148 valence electrons. The van der Waals surface area contributed by atoms with Gasteiger partial charge in [-0.25, -0.2) is 13.6 Å². The number of ether oxygens (including phenoxy) is 1. The second-order valence-corrected chi connectivity index (χ2v) is 7.90. The molecule has 0 bridgehead atoms. The molecule has 0 aliphatic carbocycles. The molecule has 0 unspecified atom stereocenters. The van der Waals surface area contributed by atoms with Crippen molar-refractivity contribution in [1.82, 2.24) is 0 Å². The molecule has 2 aromatic rings. The van der Waals surface area contributed by atoms with Crippen molar-refractivity contribution in [3.63, 3.8) is 0 Å². The summed E-state index contributed by atoms with van der Waals surface area (Å²) >= 11 is 0. The van der Waals surface area contributed by atoms with Crippen LogP contribution in [0.5, 0.6) is 5.75 Å². The molecule has 2 N–H and O–H groups in total. The average molecular weight is 403 g/mol. The van der Waals surface area contributed by atoms with E-state index in [2.05, 4.69) is 0 Å². The fraction of sp³-hybridized carbons (Fsp3) is 0.263. The molecule has 0 saturated carbocycles. The zero-order valence-electron chi connectivity index (χ0n) is 15.4. The fourth-order valence-electron chi connectivity index (χ4n) is 3.18. The number of para-hydroxylation sites is 1. The Balaban J connectivity index is 1.91. The molecule has 1 heterocycles. The molecule has 0 radical (unpaired) electrons. The van der Waals surface area contributed by atoms with Gasteiger partial charge in [0, 0.05) is 36.5 Å². The highest BCUT2D eigenvalue weighted by molar-refractivity contribution is 7.89. The summed E-state index contributed by atoms with van der Waals surface area (Å²) in [6.07, 6.45) is 2.72. The Bertz CT molecular complexity index is 1030. The Morgan fingerprint density at radius 1 is 1.25 bits per heavy atom. The highest BCUT2D eigenvalue weighted by Gasteiger charge is 2.21. The van der Waals surface area contributed by atoms with E-state index in [0.29, 0.717) is 31.8 Å². The van der Waals surface area contributed by atoms with Gasteiger partial charge in [0.1, 0.15) is 5.75 Å². The van der Waals surface area contributed by atoms with E-state index in [1.807, 2.05) is 42.2 Å². The molecular weight excluding hydrogens is 382 g/mol. The van der Waals surface area contributed by atoms with Gasteiger partial charge in [-0.05, 0) is 31.1 Å². The van der Waals surface area contributed by atoms with Crippen LogP contribution < -0.4 is 14.8 Å². The summed E-state index contributed by atoms with van der Waals surface area (Å²) in [4.78, 5) is 12.2. The smallest absolute Gasteiger partial charge is 0.272 e. The van der Waals surface area contributed by atoms with E-state index < -0.39 is 14.9 Å². The quantitative estimate of drug-likeness (QED) is 0.586. The highest BCUT2D eigenvalue weighted by Crippen LogP contribution is 2.33. The number of nitrogens with two attached hydrogens (primary N) is 1. The van der Waals surface area contributed by atoms with Gasteiger partial charge in [-0.2, -0.15) is 0 Å². The zero-order valence-corrected chi connectivity index (χ0v) is 16.2. The normalized spacial score (nSPS) is 14.5. The predicted octanol–water partition coefficient (Wildman–Crippen LogP) is 2.93. The lowest BCUT2D eigenvalue weighted by molar-refractivity contribution is -0.385. The van der Waals surface area contributed by atoms with Crippen molar-refractivity contribution in [2.24, 2.45) is 5.14 Å². The molecule has 0 aromatic heterocycles. The third kappa shape index (κ3) is 4.32. The van der Waals surface area contributed by atoms with Crippen LogP contribution in [0.15, 0.2) is 53.4 Å². The van der Waals surface area contributed by atoms with Crippen molar-refractivity contribution in [1.29, 1.82) is 0 Å². The van der Waals surface area contributed by atoms with Gasteiger partial charge < -0.3 is 9.64 Å². The van der Waals surface area contributed by atoms with E-state index in [4.69, 9.17) is 9.88 Å². The number of non-ortho nitro benzene ring substituents is 1. The van der Waals surface area contributed by atoms with Crippen molar-refractivity contribution >= 4 is 27.0 Å². The minimum atomic E-state index is -4.05.